The van der Waals surface area contributed by atoms with E-state index in [0.29, 0.717) is 5.92 Å². The first-order valence-corrected chi connectivity index (χ1v) is 5.48. The van der Waals surface area contributed by atoms with Crippen molar-refractivity contribution >= 4 is 0 Å². The first kappa shape index (κ1) is 10.2. The summed E-state index contributed by atoms with van der Waals surface area (Å²) in [4.78, 5) is 4.46. The van der Waals surface area contributed by atoms with Crippen LogP contribution in [-0.2, 0) is 6.42 Å². The molecule has 0 radical (unpaired) electrons. The average Bonchev–Trinajstić information content (AvgIpc) is 2.30. The van der Waals surface area contributed by atoms with E-state index < -0.39 is 0 Å². The highest BCUT2D eigenvalue weighted by Crippen LogP contribution is 2.28. The number of aryl methyl sites for hydroxylation is 1. The van der Waals surface area contributed by atoms with Crippen LogP contribution in [0.5, 0.6) is 0 Å². The summed E-state index contributed by atoms with van der Waals surface area (Å²) in [7, 11) is 1.92. The van der Waals surface area contributed by atoms with Gasteiger partial charge in [-0.2, -0.15) is 0 Å². The van der Waals surface area contributed by atoms with Crippen LogP contribution in [0.4, 0.5) is 0 Å². The SMILES string of the molecule is CNCC#CC1CCCc2cccnc21. The standard InChI is InChI=1S/C13H16N2/c1-14-9-3-7-11-5-2-6-12-8-4-10-15-13(11)12/h4,8,10-11,14H,2,5-6,9H2,1H3. The molecule has 1 heterocycles. The highest BCUT2D eigenvalue weighted by atomic mass is 14.8. The molecule has 0 aliphatic heterocycles. The van der Waals surface area contributed by atoms with Gasteiger partial charge in [0.15, 0.2) is 0 Å². The van der Waals surface area contributed by atoms with Gasteiger partial charge in [-0.3, -0.25) is 4.98 Å². The van der Waals surface area contributed by atoms with Crippen molar-refractivity contribution in [1.29, 1.82) is 0 Å². The molecule has 0 bridgehead atoms. The zero-order valence-corrected chi connectivity index (χ0v) is 9.09. The van der Waals surface area contributed by atoms with E-state index in [1.807, 2.05) is 19.3 Å². The maximum Gasteiger partial charge on any atom is 0.0628 e. The summed E-state index contributed by atoms with van der Waals surface area (Å²) < 4.78 is 0. The summed E-state index contributed by atoms with van der Waals surface area (Å²) in [6.45, 7) is 0.763. The number of rotatable bonds is 1. The Balaban J connectivity index is 2.20. The van der Waals surface area contributed by atoms with Crippen molar-refractivity contribution in [2.75, 3.05) is 13.6 Å². The topological polar surface area (TPSA) is 24.9 Å². The summed E-state index contributed by atoms with van der Waals surface area (Å²) in [5, 5.41) is 3.04. The first-order chi connectivity index (χ1) is 7.42. The van der Waals surface area contributed by atoms with Crippen LogP contribution >= 0.6 is 0 Å². The van der Waals surface area contributed by atoms with Crippen molar-refractivity contribution in [1.82, 2.24) is 10.3 Å². The monoisotopic (exact) mass is 200 g/mol. The second-order valence-corrected chi connectivity index (χ2v) is 3.84. The maximum absolute atomic E-state index is 4.46. The molecule has 1 atom stereocenters. The van der Waals surface area contributed by atoms with Crippen molar-refractivity contribution in [2.24, 2.45) is 0 Å². The summed E-state index contributed by atoms with van der Waals surface area (Å²) in [5.74, 6) is 6.80. The fourth-order valence-electron chi connectivity index (χ4n) is 2.01. The van der Waals surface area contributed by atoms with Gasteiger partial charge in [0.25, 0.3) is 0 Å². The van der Waals surface area contributed by atoms with Crippen LogP contribution in [0.1, 0.15) is 30.0 Å². The van der Waals surface area contributed by atoms with Crippen LogP contribution in [-0.4, -0.2) is 18.6 Å². The van der Waals surface area contributed by atoms with Gasteiger partial charge in [0.05, 0.1) is 18.2 Å². The Kier molecular flexibility index (Phi) is 3.37. The minimum atomic E-state index is 0.350. The minimum Gasteiger partial charge on any atom is -0.309 e. The van der Waals surface area contributed by atoms with E-state index in [9.17, 15) is 0 Å². The Morgan fingerprint density at radius 2 is 2.53 bits per heavy atom. The molecule has 78 valence electrons. The fraction of sp³-hybridized carbons (Fsp3) is 0.462. The zero-order valence-electron chi connectivity index (χ0n) is 9.09. The van der Waals surface area contributed by atoms with Crippen molar-refractivity contribution in [3.63, 3.8) is 0 Å². The predicted molar refractivity (Wildman–Crippen MR) is 61.6 cm³/mol. The summed E-state index contributed by atoms with van der Waals surface area (Å²) in [5.41, 5.74) is 2.58. The van der Waals surface area contributed by atoms with Gasteiger partial charge in [-0.1, -0.05) is 17.9 Å². The quantitative estimate of drug-likeness (QED) is 0.698. The van der Waals surface area contributed by atoms with E-state index in [1.165, 1.54) is 17.7 Å². The highest BCUT2D eigenvalue weighted by molar-refractivity contribution is 5.32. The molecule has 0 aromatic carbocycles. The van der Waals surface area contributed by atoms with Crippen LogP contribution in [0.15, 0.2) is 18.3 Å². The lowest BCUT2D eigenvalue weighted by Gasteiger charge is -2.19. The minimum absolute atomic E-state index is 0.350. The van der Waals surface area contributed by atoms with Gasteiger partial charge in [0, 0.05) is 6.20 Å². The third-order valence-electron chi connectivity index (χ3n) is 2.74. The fourth-order valence-corrected chi connectivity index (χ4v) is 2.01. The van der Waals surface area contributed by atoms with E-state index in [-0.39, 0.29) is 0 Å². The number of hydrogen-bond acceptors (Lipinski definition) is 2. The van der Waals surface area contributed by atoms with Crippen LogP contribution in [0.25, 0.3) is 0 Å². The lowest BCUT2D eigenvalue weighted by Crippen LogP contribution is -2.11. The molecule has 1 N–H and O–H groups in total. The van der Waals surface area contributed by atoms with Crippen molar-refractivity contribution in [2.45, 2.75) is 25.2 Å². The lowest BCUT2D eigenvalue weighted by molar-refractivity contribution is 0.623. The van der Waals surface area contributed by atoms with Crippen molar-refractivity contribution < 1.29 is 0 Å². The molecule has 0 fully saturated rings. The number of nitrogens with one attached hydrogen (secondary N) is 1. The van der Waals surface area contributed by atoms with E-state index in [2.05, 4.69) is 28.2 Å². The number of nitrogens with zero attached hydrogens (tertiary/aromatic N) is 1. The molecule has 1 aliphatic rings. The number of fused-ring (bicyclic) bond motifs is 1. The van der Waals surface area contributed by atoms with Crippen LogP contribution in [0.2, 0.25) is 0 Å². The molecule has 1 aromatic rings. The van der Waals surface area contributed by atoms with Gasteiger partial charge in [0.2, 0.25) is 0 Å². The average molecular weight is 200 g/mol. The summed E-state index contributed by atoms with van der Waals surface area (Å²) >= 11 is 0. The van der Waals surface area contributed by atoms with Gasteiger partial charge < -0.3 is 5.32 Å². The second kappa shape index (κ2) is 4.95. The normalized spacial score (nSPS) is 18.9. The smallest absolute Gasteiger partial charge is 0.0628 e. The molecular formula is C13H16N2. The Morgan fingerprint density at radius 3 is 3.40 bits per heavy atom. The van der Waals surface area contributed by atoms with Crippen molar-refractivity contribution in [3.8, 4) is 11.8 Å². The number of hydrogen-bond donors (Lipinski definition) is 1. The van der Waals surface area contributed by atoms with E-state index in [1.54, 1.807) is 0 Å². The highest BCUT2D eigenvalue weighted by Gasteiger charge is 2.18. The maximum atomic E-state index is 4.46. The van der Waals surface area contributed by atoms with Crippen molar-refractivity contribution in [3.05, 3.63) is 29.6 Å². The predicted octanol–water partition coefficient (Wildman–Crippen LogP) is 1.72. The van der Waals surface area contributed by atoms with Crippen LogP contribution in [0, 0.1) is 11.8 Å². The molecule has 0 amide bonds. The Labute approximate surface area is 91.1 Å². The third-order valence-corrected chi connectivity index (χ3v) is 2.74. The van der Waals surface area contributed by atoms with E-state index >= 15 is 0 Å². The molecule has 15 heavy (non-hydrogen) atoms. The molecule has 0 saturated carbocycles. The zero-order chi connectivity index (χ0) is 10.5. The molecule has 2 heteroatoms. The number of pyridine rings is 1. The molecule has 1 unspecified atom stereocenters. The molecule has 1 aromatic heterocycles. The Hall–Kier alpha value is -1.33. The Morgan fingerprint density at radius 1 is 1.60 bits per heavy atom. The second-order valence-electron chi connectivity index (χ2n) is 3.84. The molecule has 2 nitrogen and oxygen atoms in total. The molecule has 1 aliphatic carbocycles. The van der Waals surface area contributed by atoms with Gasteiger partial charge in [0.1, 0.15) is 0 Å². The summed E-state index contributed by atoms with van der Waals surface area (Å²) in [6.07, 6.45) is 5.42. The van der Waals surface area contributed by atoms with Gasteiger partial charge in [-0.05, 0) is 37.9 Å². The number of aromatic nitrogens is 1. The first-order valence-electron chi connectivity index (χ1n) is 5.48. The molecule has 0 spiro atoms. The Bertz CT molecular complexity index is 387. The van der Waals surface area contributed by atoms with Gasteiger partial charge >= 0.3 is 0 Å². The lowest BCUT2D eigenvalue weighted by atomic mass is 9.87. The summed E-state index contributed by atoms with van der Waals surface area (Å²) in [6, 6.07) is 4.19. The molecule has 0 saturated heterocycles. The van der Waals surface area contributed by atoms with E-state index in [4.69, 9.17) is 0 Å². The largest absolute Gasteiger partial charge is 0.309 e. The van der Waals surface area contributed by atoms with E-state index in [0.717, 1.165) is 19.4 Å². The van der Waals surface area contributed by atoms with Crippen LogP contribution < -0.4 is 5.32 Å². The van der Waals surface area contributed by atoms with Gasteiger partial charge in [-0.15, -0.1) is 0 Å². The molecular weight excluding hydrogens is 184 g/mol. The van der Waals surface area contributed by atoms with Gasteiger partial charge in [-0.25, -0.2) is 0 Å². The third kappa shape index (κ3) is 2.37. The molecule has 2 rings (SSSR count). The van der Waals surface area contributed by atoms with Crippen LogP contribution in [0.3, 0.4) is 0 Å².